The van der Waals surface area contributed by atoms with Crippen molar-refractivity contribution in [2.75, 3.05) is 0 Å². The van der Waals surface area contributed by atoms with E-state index in [0.717, 1.165) is 12.8 Å². The van der Waals surface area contributed by atoms with Gasteiger partial charge >= 0.3 is 12.1 Å². The van der Waals surface area contributed by atoms with Gasteiger partial charge in [0.1, 0.15) is 5.60 Å². The summed E-state index contributed by atoms with van der Waals surface area (Å²) in [6, 6.07) is 0. The zero-order chi connectivity index (χ0) is 14.0. The van der Waals surface area contributed by atoms with Crippen LogP contribution in [0.15, 0.2) is 0 Å². The molecule has 5 heteroatoms. The van der Waals surface area contributed by atoms with Gasteiger partial charge in [-0.3, -0.25) is 4.79 Å². The quantitative estimate of drug-likeness (QED) is 0.797. The topological polar surface area (TPSA) is 75.6 Å². The number of hydrogen-bond donors (Lipinski definition) is 2. The highest BCUT2D eigenvalue weighted by Crippen LogP contribution is 2.34. The summed E-state index contributed by atoms with van der Waals surface area (Å²) < 4.78 is 5.19. The number of amides is 1. The van der Waals surface area contributed by atoms with Gasteiger partial charge in [-0.2, -0.15) is 0 Å². The van der Waals surface area contributed by atoms with Crippen LogP contribution in [0.2, 0.25) is 0 Å². The molecule has 104 valence electrons. The van der Waals surface area contributed by atoms with Gasteiger partial charge in [0.15, 0.2) is 0 Å². The van der Waals surface area contributed by atoms with E-state index in [9.17, 15) is 14.7 Å². The second kappa shape index (κ2) is 5.16. The normalized spacial score (nSPS) is 28.6. The Morgan fingerprint density at radius 3 is 2.44 bits per heavy atom. The molecule has 2 N–H and O–H groups in total. The van der Waals surface area contributed by atoms with Crippen molar-refractivity contribution in [1.82, 2.24) is 5.32 Å². The lowest BCUT2D eigenvalue weighted by Gasteiger charge is -2.39. The van der Waals surface area contributed by atoms with Crippen molar-refractivity contribution < 1.29 is 19.4 Å². The molecule has 0 aliphatic heterocycles. The van der Waals surface area contributed by atoms with Crippen molar-refractivity contribution in [3.8, 4) is 0 Å². The largest absolute Gasteiger partial charge is 0.481 e. The standard InChI is InChI=1S/C13H23NO4/c1-12(2,3)18-11(17)14-13(4)8-6-5-7-9(13)10(15)16/h9H,5-8H2,1-4H3,(H,14,17)(H,15,16)/t9-,13-/m0/s1. The number of hydrogen-bond acceptors (Lipinski definition) is 3. The predicted octanol–water partition coefficient (Wildman–Crippen LogP) is 2.54. The van der Waals surface area contributed by atoms with Gasteiger partial charge in [-0.15, -0.1) is 0 Å². The van der Waals surface area contributed by atoms with E-state index in [-0.39, 0.29) is 0 Å². The molecule has 0 radical (unpaired) electrons. The van der Waals surface area contributed by atoms with Gasteiger partial charge in [0.05, 0.1) is 11.5 Å². The summed E-state index contributed by atoms with van der Waals surface area (Å²) in [5, 5.41) is 12.0. The van der Waals surface area contributed by atoms with E-state index in [0.29, 0.717) is 12.8 Å². The molecule has 0 spiro atoms. The molecule has 0 aromatic rings. The molecule has 0 aromatic heterocycles. The third-order valence-electron chi connectivity index (χ3n) is 3.29. The molecule has 1 aliphatic rings. The first-order valence-electron chi connectivity index (χ1n) is 6.38. The van der Waals surface area contributed by atoms with E-state index in [1.807, 2.05) is 0 Å². The summed E-state index contributed by atoms with van der Waals surface area (Å²) in [5.74, 6) is -1.40. The number of carbonyl (C=O) groups is 2. The van der Waals surface area contributed by atoms with E-state index in [1.165, 1.54) is 0 Å². The maximum absolute atomic E-state index is 11.8. The van der Waals surface area contributed by atoms with Crippen molar-refractivity contribution in [3.63, 3.8) is 0 Å². The van der Waals surface area contributed by atoms with Gasteiger partial charge in [0.2, 0.25) is 0 Å². The smallest absolute Gasteiger partial charge is 0.408 e. The third-order valence-corrected chi connectivity index (χ3v) is 3.29. The Balaban J connectivity index is 2.72. The Morgan fingerprint density at radius 1 is 1.33 bits per heavy atom. The SMILES string of the molecule is CC(C)(C)OC(=O)N[C@@]1(C)CCCC[C@H]1C(=O)O. The lowest BCUT2D eigenvalue weighted by molar-refractivity contribution is -0.145. The summed E-state index contributed by atoms with van der Waals surface area (Å²) in [5.41, 5.74) is -1.29. The average Bonchev–Trinajstić information content (AvgIpc) is 2.13. The maximum atomic E-state index is 11.8. The first kappa shape index (κ1) is 14.8. The van der Waals surface area contributed by atoms with Crippen LogP contribution in [0.25, 0.3) is 0 Å². The number of carboxylic acids is 1. The monoisotopic (exact) mass is 257 g/mol. The summed E-state index contributed by atoms with van der Waals surface area (Å²) in [7, 11) is 0. The third kappa shape index (κ3) is 3.89. The van der Waals surface area contributed by atoms with Crippen LogP contribution in [0.5, 0.6) is 0 Å². The second-order valence-corrected chi connectivity index (χ2v) is 6.18. The van der Waals surface area contributed by atoms with Crippen molar-refractivity contribution >= 4 is 12.1 Å². The van der Waals surface area contributed by atoms with E-state index in [2.05, 4.69) is 5.32 Å². The molecule has 1 saturated carbocycles. The van der Waals surface area contributed by atoms with Crippen LogP contribution in [-0.2, 0) is 9.53 Å². The Morgan fingerprint density at radius 2 is 1.94 bits per heavy atom. The van der Waals surface area contributed by atoms with Gasteiger partial charge in [-0.25, -0.2) is 4.79 Å². The molecule has 1 aliphatic carbocycles. The Kier molecular flexibility index (Phi) is 4.24. The van der Waals surface area contributed by atoms with Crippen LogP contribution in [0.1, 0.15) is 53.4 Å². The van der Waals surface area contributed by atoms with E-state index >= 15 is 0 Å². The Hall–Kier alpha value is -1.26. The number of aliphatic carboxylic acids is 1. The van der Waals surface area contributed by atoms with Crippen LogP contribution in [-0.4, -0.2) is 28.3 Å². The number of alkyl carbamates (subject to hydrolysis) is 1. The zero-order valence-electron chi connectivity index (χ0n) is 11.6. The van der Waals surface area contributed by atoms with E-state index in [4.69, 9.17) is 4.74 Å². The Bertz CT molecular complexity index is 334. The van der Waals surface area contributed by atoms with E-state index in [1.54, 1.807) is 27.7 Å². The minimum Gasteiger partial charge on any atom is -0.481 e. The van der Waals surface area contributed by atoms with Gasteiger partial charge < -0.3 is 15.2 Å². The molecule has 0 aromatic carbocycles. The highest BCUT2D eigenvalue weighted by atomic mass is 16.6. The van der Waals surface area contributed by atoms with Gasteiger partial charge in [0.25, 0.3) is 0 Å². The van der Waals surface area contributed by atoms with E-state index < -0.39 is 29.1 Å². The van der Waals surface area contributed by atoms with Crippen LogP contribution in [0, 0.1) is 5.92 Å². The maximum Gasteiger partial charge on any atom is 0.408 e. The van der Waals surface area contributed by atoms with Crippen molar-refractivity contribution in [2.24, 2.45) is 5.92 Å². The first-order chi connectivity index (χ1) is 8.14. The number of nitrogens with one attached hydrogen (secondary N) is 1. The molecule has 2 atom stereocenters. The summed E-state index contributed by atoms with van der Waals surface area (Å²) in [6.07, 6.45) is 2.54. The van der Waals surface area contributed by atoms with Crippen LogP contribution < -0.4 is 5.32 Å². The molecule has 5 nitrogen and oxygen atoms in total. The number of carboxylic acid groups (broad SMARTS) is 1. The predicted molar refractivity (Wildman–Crippen MR) is 67.4 cm³/mol. The molecule has 1 amide bonds. The van der Waals surface area contributed by atoms with Gasteiger partial charge in [-0.1, -0.05) is 12.8 Å². The number of ether oxygens (including phenoxy) is 1. The van der Waals surface area contributed by atoms with Crippen LogP contribution in [0.3, 0.4) is 0 Å². The first-order valence-corrected chi connectivity index (χ1v) is 6.38. The zero-order valence-corrected chi connectivity index (χ0v) is 11.6. The van der Waals surface area contributed by atoms with Crippen LogP contribution in [0.4, 0.5) is 4.79 Å². The highest BCUT2D eigenvalue weighted by molar-refractivity contribution is 5.75. The van der Waals surface area contributed by atoms with Crippen molar-refractivity contribution in [2.45, 2.75) is 64.5 Å². The number of rotatable bonds is 2. The summed E-state index contributed by atoms with van der Waals surface area (Å²) in [6.45, 7) is 7.13. The lowest BCUT2D eigenvalue weighted by atomic mass is 9.74. The summed E-state index contributed by atoms with van der Waals surface area (Å²) in [4.78, 5) is 23.0. The fraction of sp³-hybridized carbons (Fsp3) is 0.846. The molecule has 0 bridgehead atoms. The molecule has 0 heterocycles. The molecular formula is C13H23NO4. The van der Waals surface area contributed by atoms with Crippen molar-refractivity contribution in [1.29, 1.82) is 0 Å². The number of carbonyl (C=O) groups excluding carboxylic acids is 1. The fourth-order valence-corrected chi connectivity index (χ4v) is 2.42. The highest BCUT2D eigenvalue weighted by Gasteiger charge is 2.42. The molecule has 1 fully saturated rings. The molecule has 0 unspecified atom stereocenters. The molecular weight excluding hydrogens is 234 g/mol. The van der Waals surface area contributed by atoms with Gasteiger partial charge in [0, 0.05) is 0 Å². The molecule has 0 saturated heterocycles. The fourth-order valence-electron chi connectivity index (χ4n) is 2.42. The minimum atomic E-state index is -0.853. The Labute approximate surface area is 108 Å². The molecule has 18 heavy (non-hydrogen) atoms. The molecule has 1 rings (SSSR count). The van der Waals surface area contributed by atoms with Gasteiger partial charge in [-0.05, 0) is 40.5 Å². The van der Waals surface area contributed by atoms with Crippen LogP contribution >= 0.6 is 0 Å². The summed E-state index contributed by atoms with van der Waals surface area (Å²) >= 11 is 0. The average molecular weight is 257 g/mol. The lowest BCUT2D eigenvalue weighted by Crippen LogP contribution is -2.56. The second-order valence-electron chi connectivity index (χ2n) is 6.18. The van der Waals surface area contributed by atoms with Crippen molar-refractivity contribution in [3.05, 3.63) is 0 Å². The minimum absolute atomic E-state index is 0.543.